The van der Waals surface area contributed by atoms with Crippen LogP contribution in [-0.4, -0.2) is 25.3 Å². The molecule has 2 rings (SSSR count). The molecule has 0 bridgehead atoms. The fourth-order valence-electron chi connectivity index (χ4n) is 2.73. The van der Waals surface area contributed by atoms with Crippen LogP contribution in [0.4, 0.5) is 0 Å². The van der Waals surface area contributed by atoms with E-state index in [1.54, 1.807) is 10.4 Å². The zero-order valence-electron chi connectivity index (χ0n) is 11.6. The Morgan fingerprint density at radius 1 is 1.37 bits per heavy atom. The van der Waals surface area contributed by atoms with Crippen molar-refractivity contribution in [1.82, 2.24) is 4.31 Å². The molecule has 2 unspecified atom stereocenters. The summed E-state index contributed by atoms with van der Waals surface area (Å²) in [7, 11) is -3.41. The van der Waals surface area contributed by atoms with Gasteiger partial charge in [0.05, 0.1) is 4.90 Å². The quantitative estimate of drug-likeness (QED) is 0.804. The standard InChI is InChI=1S/C14H20ClNO2S/c1-10-6-12(3)16(9-10)19(17,18)14-7-13(8-15)5-4-11(14)2/h4-5,7,10,12H,6,8-9H2,1-3H3. The topological polar surface area (TPSA) is 37.4 Å². The second kappa shape index (κ2) is 5.43. The summed E-state index contributed by atoms with van der Waals surface area (Å²) in [6.45, 7) is 6.50. The predicted molar refractivity (Wildman–Crippen MR) is 77.9 cm³/mol. The van der Waals surface area contributed by atoms with E-state index >= 15 is 0 Å². The van der Waals surface area contributed by atoms with Gasteiger partial charge in [0.25, 0.3) is 0 Å². The minimum absolute atomic E-state index is 0.0686. The van der Waals surface area contributed by atoms with Crippen molar-refractivity contribution in [2.45, 2.75) is 44.0 Å². The Labute approximate surface area is 120 Å². The van der Waals surface area contributed by atoms with Crippen LogP contribution >= 0.6 is 11.6 Å². The van der Waals surface area contributed by atoms with Crippen LogP contribution in [0.25, 0.3) is 0 Å². The van der Waals surface area contributed by atoms with Crippen molar-refractivity contribution < 1.29 is 8.42 Å². The number of nitrogens with zero attached hydrogens (tertiary/aromatic N) is 1. The van der Waals surface area contributed by atoms with Crippen molar-refractivity contribution in [2.24, 2.45) is 5.92 Å². The maximum absolute atomic E-state index is 12.8. The molecule has 0 spiro atoms. The maximum Gasteiger partial charge on any atom is 0.243 e. The Morgan fingerprint density at radius 2 is 2.05 bits per heavy atom. The largest absolute Gasteiger partial charge is 0.243 e. The lowest BCUT2D eigenvalue weighted by atomic mass is 10.1. The number of benzene rings is 1. The summed E-state index contributed by atoms with van der Waals surface area (Å²) in [5.41, 5.74) is 1.62. The normalized spacial score (nSPS) is 24.8. The number of alkyl halides is 1. The van der Waals surface area contributed by atoms with Gasteiger partial charge in [0.2, 0.25) is 10.0 Å². The number of aryl methyl sites for hydroxylation is 1. The summed E-state index contributed by atoms with van der Waals surface area (Å²) in [5.74, 6) is 0.746. The van der Waals surface area contributed by atoms with E-state index in [1.807, 2.05) is 26.0 Å². The fourth-order valence-corrected chi connectivity index (χ4v) is 4.93. The van der Waals surface area contributed by atoms with Gasteiger partial charge < -0.3 is 0 Å². The molecule has 0 radical (unpaired) electrons. The van der Waals surface area contributed by atoms with Crippen LogP contribution in [0.5, 0.6) is 0 Å². The van der Waals surface area contributed by atoms with E-state index in [4.69, 9.17) is 11.6 Å². The minimum atomic E-state index is -3.41. The summed E-state index contributed by atoms with van der Waals surface area (Å²) in [4.78, 5) is 0.395. The van der Waals surface area contributed by atoms with E-state index in [2.05, 4.69) is 6.92 Å². The summed E-state index contributed by atoms with van der Waals surface area (Å²) in [6, 6.07) is 5.47. The molecule has 1 saturated heterocycles. The van der Waals surface area contributed by atoms with E-state index in [0.717, 1.165) is 17.5 Å². The first-order chi connectivity index (χ1) is 8.86. The molecule has 1 aliphatic rings. The van der Waals surface area contributed by atoms with Gasteiger partial charge in [-0.05, 0) is 43.4 Å². The zero-order chi connectivity index (χ0) is 14.2. The third-order valence-electron chi connectivity index (χ3n) is 3.72. The van der Waals surface area contributed by atoms with Crippen LogP contribution < -0.4 is 0 Å². The molecule has 1 aliphatic heterocycles. The summed E-state index contributed by atoms with van der Waals surface area (Å²) in [5, 5.41) is 0. The van der Waals surface area contributed by atoms with Crippen LogP contribution in [0.1, 0.15) is 31.4 Å². The Balaban J connectivity index is 2.45. The second-order valence-electron chi connectivity index (χ2n) is 5.50. The second-order valence-corrected chi connectivity index (χ2v) is 7.62. The first-order valence-corrected chi connectivity index (χ1v) is 8.51. The lowest BCUT2D eigenvalue weighted by molar-refractivity contribution is 0.405. The average molecular weight is 302 g/mol. The Kier molecular flexibility index (Phi) is 4.23. The van der Waals surface area contributed by atoms with E-state index in [1.165, 1.54) is 0 Å². The van der Waals surface area contributed by atoms with Gasteiger partial charge in [-0.3, -0.25) is 0 Å². The highest BCUT2D eigenvalue weighted by atomic mass is 35.5. The minimum Gasteiger partial charge on any atom is -0.207 e. The third-order valence-corrected chi connectivity index (χ3v) is 6.15. The third kappa shape index (κ3) is 2.81. The van der Waals surface area contributed by atoms with Crippen molar-refractivity contribution in [3.8, 4) is 0 Å². The van der Waals surface area contributed by atoms with Gasteiger partial charge in [-0.25, -0.2) is 8.42 Å². The zero-order valence-corrected chi connectivity index (χ0v) is 13.1. The van der Waals surface area contributed by atoms with Gasteiger partial charge in [0.15, 0.2) is 0 Å². The fraction of sp³-hybridized carbons (Fsp3) is 0.571. The molecule has 1 heterocycles. The molecular weight excluding hydrogens is 282 g/mol. The monoisotopic (exact) mass is 301 g/mol. The maximum atomic E-state index is 12.8. The summed E-state index contributed by atoms with van der Waals surface area (Å²) in [6.07, 6.45) is 0.924. The van der Waals surface area contributed by atoms with Crippen molar-refractivity contribution in [3.63, 3.8) is 0 Å². The number of hydrogen-bond acceptors (Lipinski definition) is 2. The van der Waals surface area contributed by atoms with Crippen LogP contribution in [0.3, 0.4) is 0 Å². The van der Waals surface area contributed by atoms with E-state index in [9.17, 15) is 8.42 Å². The van der Waals surface area contributed by atoms with Crippen LogP contribution in [0, 0.1) is 12.8 Å². The number of sulfonamides is 1. The van der Waals surface area contributed by atoms with Crippen LogP contribution in [0.15, 0.2) is 23.1 Å². The molecule has 0 N–H and O–H groups in total. The SMILES string of the molecule is Cc1ccc(CCl)cc1S(=O)(=O)N1CC(C)CC1C. The molecule has 1 fully saturated rings. The van der Waals surface area contributed by atoms with Crippen molar-refractivity contribution in [3.05, 3.63) is 29.3 Å². The first-order valence-electron chi connectivity index (χ1n) is 6.53. The van der Waals surface area contributed by atoms with Crippen LogP contribution in [-0.2, 0) is 15.9 Å². The smallest absolute Gasteiger partial charge is 0.207 e. The number of hydrogen-bond donors (Lipinski definition) is 0. The Hall–Kier alpha value is -0.580. The molecule has 106 valence electrons. The number of rotatable bonds is 3. The van der Waals surface area contributed by atoms with Gasteiger partial charge in [-0.2, -0.15) is 4.31 Å². The van der Waals surface area contributed by atoms with Crippen LogP contribution in [0.2, 0.25) is 0 Å². The van der Waals surface area contributed by atoms with Gasteiger partial charge in [-0.1, -0.05) is 19.1 Å². The van der Waals surface area contributed by atoms with Gasteiger partial charge in [0, 0.05) is 18.5 Å². The molecule has 0 aliphatic carbocycles. The molecule has 2 atom stereocenters. The molecule has 1 aromatic carbocycles. The lowest BCUT2D eigenvalue weighted by Gasteiger charge is -2.22. The van der Waals surface area contributed by atoms with Crippen molar-refractivity contribution in [1.29, 1.82) is 0 Å². The summed E-state index contributed by atoms with van der Waals surface area (Å²) >= 11 is 5.80. The molecule has 1 aromatic rings. The molecule has 0 aromatic heterocycles. The highest BCUT2D eigenvalue weighted by Crippen LogP contribution is 2.30. The molecule has 3 nitrogen and oxygen atoms in total. The molecule has 5 heteroatoms. The van der Waals surface area contributed by atoms with Crippen molar-refractivity contribution in [2.75, 3.05) is 6.54 Å². The molecule has 19 heavy (non-hydrogen) atoms. The van der Waals surface area contributed by atoms with Crippen molar-refractivity contribution >= 4 is 21.6 Å². The Morgan fingerprint density at radius 3 is 2.58 bits per heavy atom. The highest BCUT2D eigenvalue weighted by molar-refractivity contribution is 7.89. The first kappa shape index (κ1) is 14.8. The molecule has 0 saturated carbocycles. The summed E-state index contributed by atoms with van der Waals surface area (Å²) < 4.78 is 27.1. The van der Waals surface area contributed by atoms with Gasteiger partial charge >= 0.3 is 0 Å². The lowest BCUT2D eigenvalue weighted by Crippen LogP contribution is -2.34. The van der Waals surface area contributed by atoms with Gasteiger partial charge in [0.1, 0.15) is 0 Å². The van der Waals surface area contributed by atoms with E-state index in [-0.39, 0.29) is 6.04 Å². The highest BCUT2D eigenvalue weighted by Gasteiger charge is 2.36. The average Bonchev–Trinajstić information content (AvgIpc) is 2.69. The Bertz CT molecular complexity index is 571. The van der Waals surface area contributed by atoms with E-state index in [0.29, 0.717) is 23.2 Å². The number of halogens is 1. The van der Waals surface area contributed by atoms with Gasteiger partial charge in [-0.15, -0.1) is 11.6 Å². The molecular formula is C14H20ClNO2S. The predicted octanol–water partition coefficient (Wildman–Crippen LogP) is 3.15. The molecule has 0 amide bonds. The van der Waals surface area contributed by atoms with E-state index < -0.39 is 10.0 Å².